The predicted octanol–water partition coefficient (Wildman–Crippen LogP) is 5.35. The molecule has 3 nitrogen and oxygen atoms in total. The highest BCUT2D eigenvalue weighted by Crippen LogP contribution is 2.21. The van der Waals surface area contributed by atoms with Crippen LogP contribution in [0.1, 0.15) is 60.3 Å². The van der Waals surface area contributed by atoms with Gasteiger partial charge >= 0.3 is 0 Å². The summed E-state index contributed by atoms with van der Waals surface area (Å²) in [6.45, 7) is 15.1. The largest absolute Gasteiger partial charge is 0.347 e. The van der Waals surface area contributed by atoms with Gasteiger partial charge < -0.3 is 4.74 Å². The molecule has 0 aromatic rings. The van der Waals surface area contributed by atoms with Crippen LogP contribution in [-0.2, 0) is 14.5 Å². The molecule has 0 bridgehead atoms. The summed E-state index contributed by atoms with van der Waals surface area (Å²) in [5.41, 5.74) is 2.59. The Kier molecular flexibility index (Phi) is 11.2. The molecule has 0 heterocycles. The van der Waals surface area contributed by atoms with Gasteiger partial charge in [0.05, 0.1) is 13.2 Å². The predicted molar refractivity (Wildman–Crippen MR) is 88.9 cm³/mol. The molecule has 0 spiro atoms. The highest BCUT2D eigenvalue weighted by molar-refractivity contribution is 4.95. The Hall–Kier alpha value is -0.900. The lowest BCUT2D eigenvalue weighted by molar-refractivity contribution is -0.424. The molecule has 0 saturated carbocycles. The lowest BCUT2D eigenvalue weighted by Gasteiger charge is -2.28. The van der Waals surface area contributed by atoms with E-state index < -0.39 is 5.79 Å². The summed E-state index contributed by atoms with van der Waals surface area (Å²) in [5.74, 6) is -0.715. The van der Waals surface area contributed by atoms with E-state index in [0.29, 0.717) is 13.2 Å². The fraction of sp³-hybridized carbons (Fsp3) is 0.667. The van der Waals surface area contributed by atoms with E-state index in [1.165, 1.54) is 11.1 Å². The smallest absolute Gasteiger partial charge is 0.199 e. The lowest BCUT2D eigenvalue weighted by atomic mass is 10.1. The van der Waals surface area contributed by atoms with Crippen molar-refractivity contribution in [1.29, 1.82) is 0 Å². The molecule has 1 unspecified atom stereocenters. The molecule has 0 aliphatic heterocycles. The highest BCUT2D eigenvalue weighted by Gasteiger charge is 2.26. The molecule has 0 radical (unpaired) electrons. The van der Waals surface area contributed by atoms with Crippen LogP contribution >= 0.6 is 0 Å². The third-order valence-corrected chi connectivity index (χ3v) is 3.19. The van der Waals surface area contributed by atoms with Gasteiger partial charge in [0.2, 0.25) is 0 Å². The number of hydrogen-bond donors (Lipinski definition) is 0. The van der Waals surface area contributed by atoms with Gasteiger partial charge in [-0.1, -0.05) is 29.4 Å². The maximum absolute atomic E-state index is 5.88. The molecule has 0 saturated heterocycles. The molecular weight excluding hydrogens is 264 g/mol. The fourth-order valence-corrected chi connectivity index (χ4v) is 1.64. The number of hydrogen-bond acceptors (Lipinski definition) is 3. The molecule has 0 rings (SSSR count). The van der Waals surface area contributed by atoms with Gasteiger partial charge in [-0.05, 0) is 53.9 Å². The highest BCUT2D eigenvalue weighted by atomic mass is 17.2. The average Bonchev–Trinajstić information content (AvgIpc) is 2.44. The average molecular weight is 296 g/mol. The van der Waals surface area contributed by atoms with Gasteiger partial charge in [-0.25, -0.2) is 9.78 Å². The van der Waals surface area contributed by atoms with Crippen molar-refractivity contribution in [3.05, 3.63) is 36.0 Å². The van der Waals surface area contributed by atoms with Gasteiger partial charge in [-0.2, -0.15) is 0 Å². The van der Waals surface area contributed by atoms with E-state index in [0.717, 1.165) is 25.7 Å². The Bertz CT molecular complexity index is 340. The van der Waals surface area contributed by atoms with Crippen molar-refractivity contribution < 1.29 is 14.5 Å². The van der Waals surface area contributed by atoms with Crippen LogP contribution in [0.25, 0.3) is 0 Å². The Morgan fingerprint density at radius 3 is 2.43 bits per heavy atom. The van der Waals surface area contributed by atoms with Crippen LogP contribution in [0.2, 0.25) is 0 Å². The van der Waals surface area contributed by atoms with Gasteiger partial charge in [-0.3, -0.25) is 0 Å². The van der Waals surface area contributed by atoms with Crippen molar-refractivity contribution in [3.8, 4) is 0 Å². The van der Waals surface area contributed by atoms with Crippen LogP contribution in [0.3, 0.4) is 0 Å². The zero-order valence-corrected chi connectivity index (χ0v) is 14.4. The second-order valence-corrected chi connectivity index (χ2v) is 5.67. The zero-order valence-electron chi connectivity index (χ0n) is 14.4. The van der Waals surface area contributed by atoms with Crippen LogP contribution in [0.15, 0.2) is 36.0 Å². The summed E-state index contributed by atoms with van der Waals surface area (Å²) >= 11 is 0. The van der Waals surface area contributed by atoms with E-state index in [4.69, 9.17) is 14.5 Å². The van der Waals surface area contributed by atoms with Gasteiger partial charge in [0.1, 0.15) is 0 Å². The minimum atomic E-state index is -0.715. The van der Waals surface area contributed by atoms with Crippen molar-refractivity contribution in [2.45, 2.75) is 66.1 Å². The van der Waals surface area contributed by atoms with Crippen molar-refractivity contribution in [2.24, 2.45) is 0 Å². The minimum Gasteiger partial charge on any atom is -0.347 e. The first-order valence-corrected chi connectivity index (χ1v) is 7.74. The minimum absolute atomic E-state index is 0.534. The van der Waals surface area contributed by atoms with Crippen LogP contribution in [0.5, 0.6) is 0 Å². The van der Waals surface area contributed by atoms with Crippen LogP contribution in [0, 0.1) is 0 Å². The monoisotopic (exact) mass is 296 g/mol. The SMILES string of the molecule is C=CCCC(C)(OCCC(C)=CC)OOCCC=C(C)C. The standard InChI is InChI=1S/C18H32O3/c1-7-9-13-18(6,19-15-12-17(5)8-2)21-20-14-10-11-16(3)4/h7-8,11H,1,9-10,12-15H2,2-6H3. The van der Waals surface area contributed by atoms with Gasteiger partial charge in [0.15, 0.2) is 5.79 Å². The zero-order chi connectivity index (χ0) is 16.1. The van der Waals surface area contributed by atoms with Crippen molar-refractivity contribution in [2.75, 3.05) is 13.2 Å². The van der Waals surface area contributed by atoms with Crippen LogP contribution in [0.4, 0.5) is 0 Å². The summed E-state index contributed by atoms with van der Waals surface area (Å²) in [6.07, 6.45) is 9.40. The number of allylic oxidation sites excluding steroid dienone is 3. The van der Waals surface area contributed by atoms with Gasteiger partial charge in [0, 0.05) is 6.42 Å². The number of ether oxygens (including phenoxy) is 1. The third kappa shape index (κ3) is 11.4. The van der Waals surface area contributed by atoms with E-state index in [2.05, 4.69) is 39.5 Å². The Morgan fingerprint density at radius 1 is 1.14 bits per heavy atom. The summed E-state index contributed by atoms with van der Waals surface area (Å²) in [7, 11) is 0. The van der Waals surface area contributed by atoms with Crippen molar-refractivity contribution in [1.82, 2.24) is 0 Å². The van der Waals surface area contributed by atoms with Crippen molar-refractivity contribution in [3.63, 3.8) is 0 Å². The van der Waals surface area contributed by atoms with Crippen LogP contribution in [-0.4, -0.2) is 19.0 Å². The second kappa shape index (κ2) is 11.7. The molecule has 0 amide bonds. The van der Waals surface area contributed by atoms with Gasteiger partial charge in [-0.15, -0.1) is 6.58 Å². The molecule has 21 heavy (non-hydrogen) atoms. The Balaban J connectivity index is 4.20. The van der Waals surface area contributed by atoms with E-state index in [-0.39, 0.29) is 0 Å². The molecule has 0 N–H and O–H groups in total. The second-order valence-electron chi connectivity index (χ2n) is 5.67. The molecular formula is C18H32O3. The first-order chi connectivity index (χ1) is 9.93. The topological polar surface area (TPSA) is 27.7 Å². The van der Waals surface area contributed by atoms with E-state index in [1.54, 1.807) is 0 Å². The summed E-state index contributed by atoms with van der Waals surface area (Å²) < 4.78 is 5.88. The molecule has 3 heteroatoms. The maximum Gasteiger partial charge on any atom is 0.199 e. The molecule has 0 aliphatic rings. The van der Waals surface area contributed by atoms with Crippen molar-refractivity contribution >= 4 is 0 Å². The molecule has 0 fully saturated rings. The quantitative estimate of drug-likeness (QED) is 0.160. The third-order valence-electron chi connectivity index (χ3n) is 3.19. The molecule has 122 valence electrons. The van der Waals surface area contributed by atoms with E-state index >= 15 is 0 Å². The van der Waals surface area contributed by atoms with Gasteiger partial charge in [0.25, 0.3) is 0 Å². The maximum atomic E-state index is 5.88. The van der Waals surface area contributed by atoms with E-state index in [9.17, 15) is 0 Å². The molecule has 0 aliphatic carbocycles. The van der Waals surface area contributed by atoms with E-state index in [1.807, 2.05) is 19.9 Å². The normalized spacial score (nSPS) is 14.6. The summed E-state index contributed by atoms with van der Waals surface area (Å²) in [5, 5.41) is 0. The summed E-state index contributed by atoms with van der Waals surface area (Å²) in [4.78, 5) is 10.8. The lowest BCUT2D eigenvalue weighted by Crippen LogP contribution is -2.33. The summed E-state index contributed by atoms with van der Waals surface area (Å²) in [6, 6.07) is 0. The fourth-order valence-electron chi connectivity index (χ4n) is 1.64. The first kappa shape index (κ1) is 20.1. The first-order valence-electron chi connectivity index (χ1n) is 7.74. The molecule has 0 aromatic heterocycles. The van der Waals surface area contributed by atoms with Crippen LogP contribution < -0.4 is 0 Å². The molecule has 0 aromatic carbocycles. The molecule has 1 atom stereocenters. The Morgan fingerprint density at radius 2 is 1.86 bits per heavy atom. The number of rotatable bonds is 12. The Labute approximate surface area is 130 Å².